The van der Waals surface area contributed by atoms with E-state index in [1.165, 1.54) is 37.4 Å². The number of phenols is 1. The van der Waals surface area contributed by atoms with Crippen LogP contribution in [0.1, 0.15) is 10.4 Å². The topological polar surface area (TPSA) is 146 Å². The molecule has 12 heteroatoms. The fraction of sp³-hybridized carbons (Fsp3) is 0.100. The summed E-state index contributed by atoms with van der Waals surface area (Å²) in [5.41, 5.74) is 2.98. The summed E-state index contributed by atoms with van der Waals surface area (Å²) >= 11 is 0. The van der Waals surface area contributed by atoms with Crippen LogP contribution >= 0.6 is 0 Å². The van der Waals surface area contributed by atoms with Crippen LogP contribution in [0, 0.1) is 0 Å². The Hall–Kier alpha value is -5.36. The highest BCUT2D eigenvalue weighted by Crippen LogP contribution is 2.31. The van der Waals surface area contributed by atoms with Gasteiger partial charge in [0, 0.05) is 54.9 Å². The zero-order valence-corrected chi connectivity index (χ0v) is 23.8. The second-order valence-corrected chi connectivity index (χ2v) is 11.2. The molecule has 0 atom stereocenters. The Kier molecular flexibility index (Phi) is 7.80. The summed E-state index contributed by atoms with van der Waals surface area (Å²) < 4.78 is 34.8. The smallest absolute Gasteiger partial charge is 0.263 e. The second-order valence-electron chi connectivity index (χ2n) is 9.49. The average molecular weight is 585 g/mol. The van der Waals surface area contributed by atoms with E-state index in [2.05, 4.69) is 25.3 Å². The highest BCUT2D eigenvalue weighted by Gasteiger charge is 2.20. The molecular weight excluding hydrogens is 556 g/mol. The summed E-state index contributed by atoms with van der Waals surface area (Å²) in [6.07, 6.45) is 0. The van der Waals surface area contributed by atoms with E-state index in [1.807, 2.05) is 25.1 Å². The van der Waals surface area contributed by atoms with Gasteiger partial charge in [-0.3, -0.25) is 9.52 Å². The van der Waals surface area contributed by atoms with Crippen LogP contribution < -0.4 is 25.0 Å². The van der Waals surface area contributed by atoms with Crippen molar-refractivity contribution < 1.29 is 23.1 Å². The first kappa shape index (κ1) is 28.2. The minimum atomic E-state index is -4.18. The van der Waals surface area contributed by atoms with Crippen molar-refractivity contribution in [2.24, 2.45) is 0 Å². The number of amides is 1. The molecule has 0 spiro atoms. The number of rotatable bonds is 9. The molecule has 0 saturated carbocycles. The van der Waals surface area contributed by atoms with Gasteiger partial charge < -0.3 is 25.4 Å². The first-order chi connectivity index (χ1) is 20.1. The maximum Gasteiger partial charge on any atom is 0.263 e. The molecule has 214 valence electrons. The average Bonchev–Trinajstić information content (AvgIpc) is 2.97. The van der Waals surface area contributed by atoms with Crippen molar-refractivity contribution in [2.45, 2.75) is 4.90 Å². The lowest BCUT2D eigenvalue weighted by Crippen LogP contribution is -2.17. The van der Waals surface area contributed by atoms with Gasteiger partial charge in [-0.1, -0.05) is 24.3 Å². The number of fused-ring (bicyclic) bond motifs is 1. The molecular formula is C30H28N6O5S. The lowest BCUT2D eigenvalue weighted by molar-refractivity contribution is 0.102. The van der Waals surface area contributed by atoms with Crippen molar-refractivity contribution in [3.8, 4) is 11.5 Å². The summed E-state index contributed by atoms with van der Waals surface area (Å²) in [6, 6.07) is 24.5. The number of hydrogen-bond donors (Lipinski definition) is 4. The van der Waals surface area contributed by atoms with Gasteiger partial charge >= 0.3 is 0 Å². The standard InChI is InChI=1S/C30H28N6O5S/c1-36(2)22-10-6-8-19(14-22)30(38)32-20-9-7-11-25(17-20)42(39,40)35-29-28(33-26-12-4-5-13-27(26)34-29)31-21-15-23(37)18-24(16-21)41-3/h4-18,37H,1-3H3,(H,31,33)(H,32,38)(H,34,35). The Morgan fingerprint density at radius 3 is 2.26 bits per heavy atom. The van der Waals surface area contributed by atoms with Crippen LogP contribution in [0.5, 0.6) is 11.5 Å². The number of phenolic OH excluding ortho intramolecular Hbond substituents is 1. The molecule has 0 radical (unpaired) electrons. The molecule has 5 aromatic rings. The Morgan fingerprint density at radius 2 is 1.55 bits per heavy atom. The largest absolute Gasteiger partial charge is 0.508 e. The lowest BCUT2D eigenvalue weighted by Gasteiger charge is -2.15. The van der Waals surface area contributed by atoms with Crippen molar-refractivity contribution in [2.75, 3.05) is 41.5 Å². The number of ether oxygens (including phenoxy) is 1. The van der Waals surface area contributed by atoms with Gasteiger partial charge in [-0.05, 0) is 48.5 Å². The van der Waals surface area contributed by atoms with Gasteiger partial charge in [0.25, 0.3) is 15.9 Å². The van der Waals surface area contributed by atoms with Crippen molar-refractivity contribution in [1.82, 2.24) is 9.97 Å². The lowest BCUT2D eigenvalue weighted by atomic mass is 10.1. The van der Waals surface area contributed by atoms with E-state index in [1.54, 1.807) is 54.6 Å². The van der Waals surface area contributed by atoms with Crippen LogP contribution in [0.2, 0.25) is 0 Å². The Balaban J connectivity index is 1.45. The third-order valence-corrected chi connectivity index (χ3v) is 7.55. The molecule has 0 aliphatic heterocycles. The zero-order valence-electron chi connectivity index (χ0n) is 23.0. The number of methoxy groups -OCH3 is 1. The number of carbonyl (C=O) groups is 1. The van der Waals surface area contributed by atoms with Crippen molar-refractivity contribution >= 4 is 55.7 Å². The van der Waals surface area contributed by atoms with E-state index in [-0.39, 0.29) is 28.2 Å². The van der Waals surface area contributed by atoms with Gasteiger partial charge in [0.2, 0.25) is 0 Å². The third-order valence-electron chi connectivity index (χ3n) is 6.22. The number of aromatic nitrogens is 2. The maximum atomic E-state index is 13.5. The first-order valence-corrected chi connectivity index (χ1v) is 14.2. The Labute approximate surface area is 242 Å². The summed E-state index contributed by atoms with van der Waals surface area (Å²) in [4.78, 5) is 23.7. The number of nitrogens with one attached hydrogen (secondary N) is 3. The van der Waals surface area contributed by atoms with Crippen LogP contribution in [-0.4, -0.2) is 50.6 Å². The molecule has 1 amide bonds. The number of carbonyl (C=O) groups excluding carboxylic acids is 1. The van der Waals surface area contributed by atoms with E-state index < -0.39 is 10.0 Å². The van der Waals surface area contributed by atoms with Gasteiger partial charge in [0.15, 0.2) is 11.6 Å². The van der Waals surface area contributed by atoms with Crippen LogP contribution in [0.25, 0.3) is 11.0 Å². The molecule has 0 saturated heterocycles. The number of aromatic hydroxyl groups is 1. The van der Waals surface area contributed by atoms with E-state index in [9.17, 15) is 18.3 Å². The molecule has 0 unspecified atom stereocenters. The van der Waals surface area contributed by atoms with E-state index in [0.717, 1.165) is 5.69 Å². The summed E-state index contributed by atoms with van der Waals surface area (Å²) in [7, 11) is 1.03. The molecule has 0 bridgehead atoms. The van der Waals surface area contributed by atoms with Gasteiger partial charge in [-0.15, -0.1) is 0 Å². The highest BCUT2D eigenvalue weighted by atomic mass is 32.2. The molecule has 11 nitrogen and oxygen atoms in total. The number of para-hydroxylation sites is 2. The minimum absolute atomic E-state index is 0.0555. The number of hydrogen-bond acceptors (Lipinski definition) is 9. The van der Waals surface area contributed by atoms with E-state index in [0.29, 0.717) is 33.7 Å². The van der Waals surface area contributed by atoms with Crippen molar-refractivity contribution in [3.63, 3.8) is 0 Å². The van der Waals surface area contributed by atoms with Gasteiger partial charge in [-0.25, -0.2) is 18.4 Å². The molecule has 5 rings (SSSR count). The van der Waals surface area contributed by atoms with Crippen LogP contribution in [0.4, 0.5) is 28.7 Å². The summed E-state index contributed by atoms with van der Waals surface area (Å²) in [6.45, 7) is 0. The van der Waals surface area contributed by atoms with Crippen molar-refractivity contribution in [3.05, 3.63) is 96.6 Å². The van der Waals surface area contributed by atoms with Crippen molar-refractivity contribution in [1.29, 1.82) is 0 Å². The number of nitrogens with zero attached hydrogens (tertiary/aromatic N) is 3. The number of anilines is 5. The molecule has 1 heterocycles. The van der Waals surface area contributed by atoms with Gasteiger partial charge in [0.05, 0.1) is 23.0 Å². The molecule has 0 aliphatic carbocycles. The highest BCUT2D eigenvalue weighted by molar-refractivity contribution is 7.92. The molecule has 4 N–H and O–H groups in total. The van der Waals surface area contributed by atoms with Gasteiger partial charge in [0.1, 0.15) is 11.5 Å². The van der Waals surface area contributed by atoms with Crippen LogP contribution in [-0.2, 0) is 10.0 Å². The first-order valence-electron chi connectivity index (χ1n) is 12.7. The molecule has 42 heavy (non-hydrogen) atoms. The molecule has 0 fully saturated rings. The fourth-order valence-electron chi connectivity index (χ4n) is 4.12. The Bertz CT molecular complexity index is 1900. The van der Waals surface area contributed by atoms with Crippen LogP contribution in [0.3, 0.4) is 0 Å². The quantitative estimate of drug-likeness (QED) is 0.183. The maximum absolute atomic E-state index is 13.5. The van der Waals surface area contributed by atoms with Crippen LogP contribution in [0.15, 0.2) is 95.9 Å². The SMILES string of the molecule is COc1cc(O)cc(Nc2nc3ccccc3nc2NS(=O)(=O)c2cccc(NC(=O)c3cccc(N(C)C)c3)c2)c1. The predicted molar refractivity (Wildman–Crippen MR) is 163 cm³/mol. The summed E-state index contributed by atoms with van der Waals surface area (Å²) in [5, 5.41) is 15.9. The predicted octanol–water partition coefficient (Wildman–Crippen LogP) is 5.21. The second kappa shape index (κ2) is 11.6. The fourth-order valence-corrected chi connectivity index (χ4v) is 5.18. The van der Waals surface area contributed by atoms with E-state index in [4.69, 9.17) is 4.74 Å². The number of sulfonamides is 1. The van der Waals surface area contributed by atoms with E-state index >= 15 is 0 Å². The van der Waals surface area contributed by atoms with Gasteiger partial charge in [-0.2, -0.15) is 0 Å². The molecule has 0 aliphatic rings. The summed E-state index contributed by atoms with van der Waals surface area (Å²) in [5.74, 6) is -0.00328. The molecule has 4 aromatic carbocycles. The monoisotopic (exact) mass is 584 g/mol. The minimum Gasteiger partial charge on any atom is -0.508 e. The third kappa shape index (κ3) is 6.34. The zero-order chi connectivity index (χ0) is 29.9. The normalized spacial score (nSPS) is 11.1. The number of benzene rings is 4. The molecule has 1 aromatic heterocycles. The Morgan fingerprint density at radius 1 is 0.833 bits per heavy atom.